The number of carbonyl (C=O) groups is 1. The highest BCUT2D eigenvalue weighted by Gasteiger charge is 2.04. The number of aryl methyl sites for hydroxylation is 2. The molecule has 3 rings (SSSR count). The molecule has 0 aliphatic heterocycles. The number of ether oxygens (including phenoxy) is 2. The third-order valence-corrected chi connectivity index (χ3v) is 3.84. The van der Waals surface area contributed by atoms with Gasteiger partial charge in [0.1, 0.15) is 11.5 Å². The van der Waals surface area contributed by atoms with Gasteiger partial charge in [0.05, 0.1) is 7.11 Å². The van der Waals surface area contributed by atoms with E-state index in [1.807, 2.05) is 44.2 Å². The zero-order chi connectivity index (χ0) is 19.9. The van der Waals surface area contributed by atoms with E-state index in [0.717, 1.165) is 22.7 Å². The molecular formula is C22H21N3O3. The van der Waals surface area contributed by atoms with Gasteiger partial charge in [-0.15, -0.1) is 0 Å². The van der Waals surface area contributed by atoms with E-state index in [9.17, 15) is 4.79 Å². The molecule has 0 aliphatic carbocycles. The van der Waals surface area contributed by atoms with Crippen molar-refractivity contribution in [2.75, 3.05) is 12.4 Å². The molecule has 0 saturated heterocycles. The van der Waals surface area contributed by atoms with Gasteiger partial charge in [-0.3, -0.25) is 4.79 Å². The summed E-state index contributed by atoms with van der Waals surface area (Å²) in [5, 5.41) is 2.81. The number of methoxy groups -OCH3 is 1. The van der Waals surface area contributed by atoms with E-state index in [0.29, 0.717) is 17.4 Å². The maximum Gasteiger partial charge on any atom is 0.322 e. The summed E-state index contributed by atoms with van der Waals surface area (Å²) in [6, 6.07) is 16.7. The van der Waals surface area contributed by atoms with Gasteiger partial charge < -0.3 is 14.8 Å². The maximum atomic E-state index is 12.1. The van der Waals surface area contributed by atoms with Crippen LogP contribution in [-0.2, 0) is 4.79 Å². The van der Waals surface area contributed by atoms with E-state index in [1.54, 1.807) is 37.5 Å². The van der Waals surface area contributed by atoms with Gasteiger partial charge in [-0.05, 0) is 68.0 Å². The molecule has 1 N–H and O–H groups in total. The Morgan fingerprint density at radius 3 is 2.14 bits per heavy atom. The predicted molar refractivity (Wildman–Crippen MR) is 109 cm³/mol. The van der Waals surface area contributed by atoms with Crippen molar-refractivity contribution in [3.63, 3.8) is 0 Å². The van der Waals surface area contributed by atoms with Crippen molar-refractivity contribution < 1.29 is 14.3 Å². The first-order chi connectivity index (χ1) is 13.5. The van der Waals surface area contributed by atoms with Crippen LogP contribution < -0.4 is 14.8 Å². The topological polar surface area (TPSA) is 73.3 Å². The number of benzene rings is 2. The SMILES string of the molecule is COc1ccc(/C=C/C(=O)Nc2ccc(Oc3nc(C)cc(C)n3)cc2)cc1. The zero-order valence-corrected chi connectivity index (χ0v) is 16.0. The lowest BCUT2D eigenvalue weighted by Gasteiger charge is -2.07. The van der Waals surface area contributed by atoms with Crippen molar-refractivity contribution in [2.45, 2.75) is 13.8 Å². The number of rotatable bonds is 6. The molecule has 0 atom stereocenters. The molecule has 3 aromatic rings. The minimum atomic E-state index is -0.220. The van der Waals surface area contributed by atoms with Crippen LogP contribution in [0, 0.1) is 13.8 Å². The largest absolute Gasteiger partial charge is 0.497 e. The minimum Gasteiger partial charge on any atom is -0.497 e. The van der Waals surface area contributed by atoms with Crippen LogP contribution >= 0.6 is 0 Å². The summed E-state index contributed by atoms with van der Waals surface area (Å²) in [7, 11) is 1.61. The van der Waals surface area contributed by atoms with Crippen molar-refractivity contribution in [3.05, 3.63) is 77.6 Å². The van der Waals surface area contributed by atoms with Gasteiger partial charge in [0.25, 0.3) is 0 Å². The number of nitrogens with zero attached hydrogens (tertiary/aromatic N) is 2. The lowest BCUT2D eigenvalue weighted by atomic mass is 10.2. The summed E-state index contributed by atoms with van der Waals surface area (Å²) in [6.07, 6.45) is 3.22. The Morgan fingerprint density at radius 1 is 0.929 bits per heavy atom. The van der Waals surface area contributed by atoms with Crippen LogP contribution in [0.1, 0.15) is 17.0 Å². The fourth-order valence-corrected chi connectivity index (χ4v) is 2.52. The fourth-order valence-electron chi connectivity index (χ4n) is 2.52. The van der Waals surface area contributed by atoms with Crippen molar-refractivity contribution in [1.82, 2.24) is 9.97 Å². The van der Waals surface area contributed by atoms with E-state index < -0.39 is 0 Å². The summed E-state index contributed by atoms with van der Waals surface area (Å²) in [4.78, 5) is 20.6. The first-order valence-electron chi connectivity index (χ1n) is 8.75. The third-order valence-electron chi connectivity index (χ3n) is 3.84. The smallest absolute Gasteiger partial charge is 0.322 e. The summed E-state index contributed by atoms with van der Waals surface area (Å²) < 4.78 is 10.8. The highest BCUT2D eigenvalue weighted by molar-refractivity contribution is 6.01. The van der Waals surface area contributed by atoms with Gasteiger partial charge in [-0.2, -0.15) is 0 Å². The van der Waals surface area contributed by atoms with Crippen LogP contribution in [0.15, 0.2) is 60.7 Å². The Balaban J connectivity index is 1.58. The predicted octanol–water partition coefficient (Wildman–Crippen LogP) is 4.55. The first kappa shape index (κ1) is 19.1. The lowest BCUT2D eigenvalue weighted by molar-refractivity contribution is -0.111. The second kappa shape index (κ2) is 8.81. The summed E-state index contributed by atoms with van der Waals surface area (Å²) >= 11 is 0. The summed E-state index contributed by atoms with van der Waals surface area (Å²) in [6.45, 7) is 3.78. The fraction of sp³-hybridized carbons (Fsp3) is 0.136. The van der Waals surface area contributed by atoms with E-state index in [4.69, 9.17) is 9.47 Å². The molecule has 0 saturated carbocycles. The number of anilines is 1. The monoisotopic (exact) mass is 375 g/mol. The van der Waals surface area contributed by atoms with Gasteiger partial charge in [-0.25, -0.2) is 9.97 Å². The van der Waals surface area contributed by atoms with Gasteiger partial charge in [-0.1, -0.05) is 12.1 Å². The van der Waals surface area contributed by atoms with Gasteiger partial charge >= 0.3 is 6.01 Å². The van der Waals surface area contributed by atoms with Crippen LogP contribution in [0.2, 0.25) is 0 Å². The quantitative estimate of drug-likeness (QED) is 0.640. The summed E-state index contributed by atoms with van der Waals surface area (Å²) in [5.41, 5.74) is 3.26. The molecule has 1 aromatic heterocycles. The molecule has 1 heterocycles. The Labute approximate surface area is 163 Å². The zero-order valence-electron chi connectivity index (χ0n) is 16.0. The van der Waals surface area contributed by atoms with E-state index >= 15 is 0 Å². The van der Waals surface area contributed by atoms with Crippen LogP contribution in [0.4, 0.5) is 5.69 Å². The van der Waals surface area contributed by atoms with E-state index in [1.165, 1.54) is 6.08 Å². The molecule has 142 valence electrons. The van der Waals surface area contributed by atoms with Crippen LogP contribution in [-0.4, -0.2) is 23.0 Å². The maximum absolute atomic E-state index is 12.1. The molecule has 0 fully saturated rings. The molecule has 2 aromatic carbocycles. The van der Waals surface area contributed by atoms with Crippen molar-refractivity contribution in [1.29, 1.82) is 0 Å². The molecule has 0 radical (unpaired) electrons. The Kier molecular flexibility index (Phi) is 6.01. The average Bonchev–Trinajstić information content (AvgIpc) is 2.67. The molecular weight excluding hydrogens is 354 g/mol. The van der Waals surface area contributed by atoms with Gasteiger partial charge in [0.15, 0.2) is 0 Å². The normalized spacial score (nSPS) is 10.7. The first-order valence-corrected chi connectivity index (χ1v) is 8.75. The van der Waals surface area contributed by atoms with E-state index in [2.05, 4.69) is 15.3 Å². The number of hydrogen-bond donors (Lipinski definition) is 1. The molecule has 6 heteroatoms. The Hall–Kier alpha value is -3.67. The lowest BCUT2D eigenvalue weighted by Crippen LogP contribution is -2.07. The molecule has 0 unspecified atom stereocenters. The van der Waals surface area contributed by atoms with E-state index in [-0.39, 0.29) is 5.91 Å². The Morgan fingerprint density at radius 2 is 1.54 bits per heavy atom. The minimum absolute atomic E-state index is 0.220. The van der Waals surface area contributed by atoms with Gasteiger partial charge in [0, 0.05) is 23.2 Å². The molecule has 28 heavy (non-hydrogen) atoms. The van der Waals surface area contributed by atoms with Crippen molar-refractivity contribution in [2.24, 2.45) is 0 Å². The highest BCUT2D eigenvalue weighted by Crippen LogP contribution is 2.21. The highest BCUT2D eigenvalue weighted by atomic mass is 16.5. The third kappa shape index (κ3) is 5.41. The number of amides is 1. The second-order valence-electron chi connectivity index (χ2n) is 6.16. The number of hydrogen-bond acceptors (Lipinski definition) is 5. The van der Waals surface area contributed by atoms with Gasteiger partial charge in [0.2, 0.25) is 5.91 Å². The summed E-state index contributed by atoms with van der Waals surface area (Å²) in [5.74, 6) is 1.15. The van der Waals surface area contributed by atoms with Crippen molar-refractivity contribution in [3.8, 4) is 17.5 Å². The molecule has 0 aliphatic rings. The second-order valence-corrected chi connectivity index (χ2v) is 6.16. The van der Waals surface area contributed by atoms with Crippen molar-refractivity contribution >= 4 is 17.7 Å². The molecule has 6 nitrogen and oxygen atoms in total. The van der Waals surface area contributed by atoms with Crippen LogP contribution in [0.3, 0.4) is 0 Å². The average molecular weight is 375 g/mol. The number of nitrogens with one attached hydrogen (secondary N) is 1. The standard InChI is InChI=1S/C22H21N3O3/c1-15-14-16(2)24-22(23-15)28-20-11-7-18(8-12-20)25-21(26)13-6-17-4-9-19(27-3)10-5-17/h4-14H,1-3H3,(H,25,26)/b13-6+. The number of carbonyl (C=O) groups excluding carboxylic acids is 1. The molecule has 0 spiro atoms. The molecule has 1 amide bonds. The number of aromatic nitrogens is 2. The van der Waals surface area contributed by atoms with Crippen LogP contribution in [0.25, 0.3) is 6.08 Å². The molecule has 0 bridgehead atoms. The Bertz CT molecular complexity index is 961. The van der Waals surface area contributed by atoms with Crippen LogP contribution in [0.5, 0.6) is 17.5 Å².